The molecule has 0 radical (unpaired) electrons. The average Bonchev–Trinajstić information content (AvgIpc) is 2.68. The molecule has 0 N–H and O–H groups in total. The van der Waals surface area contributed by atoms with Crippen molar-refractivity contribution < 1.29 is 4.79 Å². The molecule has 76 valence electrons. The molecule has 0 fully saturated rings. The molecule has 15 heavy (non-hydrogen) atoms. The number of rotatable bonds is 3. The summed E-state index contributed by atoms with van der Waals surface area (Å²) in [5.41, 5.74) is 0. The Morgan fingerprint density at radius 3 is 2.67 bits per heavy atom. The maximum absolute atomic E-state index is 11.1. The fraction of sp³-hybridized carbons (Fsp3) is 0.0909. The van der Waals surface area contributed by atoms with Crippen LogP contribution >= 0.6 is 23.1 Å². The van der Waals surface area contributed by atoms with Crippen molar-refractivity contribution in [3.63, 3.8) is 0 Å². The van der Waals surface area contributed by atoms with Crippen molar-refractivity contribution in [1.29, 1.82) is 0 Å². The molecule has 0 aliphatic rings. The van der Waals surface area contributed by atoms with Gasteiger partial charge in [0.1, 0.15) is 0 Å². The molecule has 1 heterocycles. The first-order valence-corrected chi connectivity index (χ1v) is 6.08. The molecule has 0 aliphatic carbocycles. The number of hydrogen-bond acceptors (Lipinski definition) is 4. The highest BCUT2D eigenvalue weighted by molar-refractivity contribution is 8.01. The summed E-state index contributed by atoms with van der Waals surface area (Å²) in [6.07, 6.45) is 1.64. The molecular weight excluding hydrogens is 226 g/mol. The largest absolute Gasteiger partial charge is 0.294 e. The fourth-order valence-corrected chi connectivity index (χ4v) is 2.93. The van der Waals surface area contributed by atoms with E-state index in [9.17, 15) is 4.79 Å². The Labute approximate surface area is 96.4 Å². The molecule has 2 rings (SSSR count). The van der Waals surface area contributed by atoms with E-state index in [-0.39, 0.29) is 5.78 Å². The van der Waals surface area contributed by atoms with Crippen molar-refractivity contribution in [2.24, 2.45) is 0 Å². The second-order valence-electron chi connectivity index (χ2n) is 2.96. The number of hydrogen-bond donors (Lipinski definition) is 0. The molecule has 2 aromatic rings. The Kier molecular flexibility index (Phi) is 3.18. The summed E-state index contributed by atoms with van der Waals surface area (Å²) in [6.45, 7) is 1.56. The maximum Gasteiger partial charge on any atom is 0.171 e. The van der Waals surface area contributed by atoms with Gasteiger partial charge in [-0.25, -0.2) is 4.98 Å². The first-order valence-electron chi connectivity index (χ1n) is 4.45. The second-order valence-corrected chi connectivity index (χ2v) is 5.31. The number of aromatic nitrogens is 1. The number of nitrogens with zero attached hydrogens (tertiary/aromatic N) is 1. The highest BCUT2D eigenvalue weighted by atomic mass is 32.2. The van der Waals surface area contributed by atoms with Crippen molar-refractivity contribution in [2.45, 2.75) is 16.2 Å². The Morgan fingerprint density at radius 1 is 1.33 bits per heavy atom. The molecule has 0 unspecified atom stereocenters. The van der Waals surface area contributed by atoms with E-state index in [1.807, 2.05) is 30.3 Å². The predicted molar refractivity (Wildman–Crippen MR) is 62.7 cm³/mol. The van der Waals surface area contributed by atoms with Crippen LogP contribution in [0.3, 0.4) is 0 Å². The number of carbonyl (C=O) groups excluding carboxylic acids is 1. The van der Waals surface area contributed by atoms with Gasteiger partial charge in [0.05, 0.1) is 11.1 Å². The van der Waals surface area contributed by atoms with E-state index in [1.54, 1.807) is 24.9 Å². The van der Waals surface area contributed by atoms with Crippen molar-refractivity contribution >= 4 is 28.9 Å². The molecule has 0 amide bonds. The lowest BCUT2D eigenvalue weighted by molar-refractivity contribution is 0.102. The molecule has 0 aliphatic heterocycles. The van der Waals surface area contributed by atoms with E-state index in [2.05, 4.69) is 4.98 Å². The zero-order valence-electron chi connectivity index (χ0n) is 8.14. The molecule has 1 aromatic carbocycles. The first kappa shape index (κ1) is 10.4. The van der Waals surface area contributed by atoms with Gasteiger partial charge in [0.15, 0.2) is 10.1 Å². The van der Waals surface area contributed by atoms with Crippen LogP contribution in [0.4, 0.5) is 0 Å². The summed E-state index contributed by atoms with van der Waals surface area (Å²) in [7, 11) is 0. The zero-order chi connectivity index (χ0) is 10.7. The van der Waals surface area contributed by atoms with Crippen molar-refractivity contribution in [2.75, 3.05) is 0 Å². The third-order valence-electron chi connectivity index (χ3n) is 1.78. The van der Waals surface area contributed by atoms with Crippen LogP contribution in [0.1, 0.15) is 16.6 Å². The fourth-order valence-electron chi connectivity index (χ4n) is 1.06. The van der Waals surface area contributed by atoms with Crippen LogP contribution in [-0.2, 0) is 0 Å². The zero-order valence-corrected chi connectivity index (χ0v) is 9.77. The van der Waals surface area contributed by atoms with E-state index in [4.69, 9.17) is 0 Å². The molecule has 0 saturated carbocycles. The highest BCUT2D eigenvalue weighted by Gasteiger charge is 2.06. The third-order valence-corrected chi connectivity index (χ3v) is 3.96. The normalized spacial score (nSPS) is 10.2. The molecular formula is C11H9NOS2. The van der Waals surface area contributed by atoms with Crippen molar-refractivity contribution in [1.82, 2.24) is 4.98 Å². The topological polar surface area (TPSA) is 30.0 Å². The van der Waals surface area contributed by atoms with Gasteiger partial charge in [-0.1, -0.05) is 30.0 Å². The summed E-state index contributed by atoms with van der Waals surface area (Å²) in [5.74, 6) is 0.0763. The molecule has 4 heteroatoms. The molecule has 0 atom stereocenters. The summed E-state index contributed by atoms with van der Waals surface area (Å²) >= 11 is 3.02. The lowest BCUT2D eigenvalue weighted by Gasteiger charge is -1.94. The summed E-state index contributed by atoms with van der Waals surface area (Å²) in [6, 6.07) is 10.0. The predicted octanol–water partition coefficient (Wildman–Crippen LogP) is 3.50. The Morgan fingerprint density at radius 2 is 2.07 bits per heavy atom. The lowest BCUT2D eigenvalue weighted by Crippen LogP contribution is -1.83. The molecule has 2 nitrogen and oxygen atoms in total. The number of benzene rings is 1. The van der Waals surface area contributed by atoms with E-state index >= 15 is 0 Å². The minimum atomic E-state index is 0.0763. The average molecular weight is 235 g/mol. The van der Waals surface area contributed by atoms with Crippen LogP contribution in [-0.4, -0.2) is 10.8 Å². The van der Waals surface area contributed by atoms with Gasteiger partial charge < -0.3 is 0 Å². The van der Waals surface area contributed by atoms with Crippen LogP contribution in [0.5, 0.6) is 0 Å². The summed E-state index contributed by atoms with van der Waals surface area (Å²) in [5, 5.41) is 0. The van der Waals surface area contributed by atoms with Gasteiger partial charge in [0.25, 0.3) is 0 Å². The van der Waals surface area contributed by atoms with Gasteiger partial charge in [0, 0.05) is 11.8 Å². The van der Waals surface area contributed by atoms with Gasteiger partial charge in [-0.05, 0) is 12.1 Å². The Balaban J connectivity index is 2.15. The van der Waals surface area contributed by atoms with E-state index in [0.717, 1.165) is 9.24 Å². The quantitative estimate of drug-likeness (QED) is 0.763. The van der Waals surface area contributed by atoms with Crippen LogP contribution < -0.4 is 0 Å². The summed E-state index contributed by atoms with van der Waals surface area (Å²) in [4.78, 5) is 17.1. The lowest BCUT2D eigenvalue weighted by atomic mass is 10.4. The molecule has 0 saturated heterocycles. The van der Waals surface area contributed by atoms with Crippen molar-refractivity contribution in [3.05, 3.63) is 41.4 Å². The monoisotopic (exact) mass is 235 g/mol. The molecule has 0 spiro atoms. The minimum absolute atomic E-state index is 0.0763. The number of thiazole rings is 1. The van der Waals surface area contributed by atoms with E-state index in [1.165, 1.54) is 11.3 Å². The van der Waals surface area contributed by atoms with Crippen LogP contribution in [0.15, 0.2) is 45.8 Å². The smallest absolute Gasteiger partial charge is 0.171 e. The standard InChI is InChI=1S/C11H9NOS2/c1-8(13)10-7-12-11(15-10)14-9-5-3-2-4-6-9/h2-7H,1H3. The number of carbonyl (C=O) groups is 1. The van der Waals surface area contributed by atoms with Crippen LogP contribution in [0.2, 0.25) is 0 Å². The van der Waals surface area contributed by atoms with Gasteiger partial charge in [-0.2, -0.15) is 0 Å². The second kappa shape index (κ2) is 4.59. The van der Waals surface area contributed by atoms with Crippen LogP contribution in [0, 0.1) is 0 Å². The Bertz CT molecular complexity index is 464. The minimum Gasteiger partial charge on any atom is -0.294 e. The SMILES string of the molecule is CC(=O)c1cnc(Sc2ccccc2)s1. The van der Waals surface area contributed by atoms with E-state index in [0.29, 0.717) is 4.88 Å². The molecule has 1 aromatic heterocycles. The number of Topliss-reactive ketones (excluding diaryl/α,β-unsaturated/α-hetero) is 1. The van der Waals surface area contributed by atoms with Gasteiger partial charge in [0.2, 0.25) is 0 Å². The summed E-state index contributed by atoms with van der Waals surface area (Å²) < 4.78 is 0.909. The maximum atomic E-state index is 11.1. The van der Waals surface area contributed by atoms with Gasteiger partial charge >= 0.3 is 0 Å². The third kappa shape index (κ3) is 2.67. The first-order chi connectivity index (χ1) is 7.25. The van der Waals surface area contributed by atoms with E-state index < -0.39 is 0 Å². The molecule has 0 bridgehead atoms. The van der Waals surface area contributed by atoms with Crippen LogP contribution in [0.25, 0.3) is 0 Å². The highest BCUT2D eigenvalue weighted by Crippen LogP contribution is 2.30. The van der Waals surface area contributed by atoms with Gasteiger partial charge in [-0.15, -0.1) is 11.3 Å². The van der Waals surface area contributed by atoms with Gasteiger partial charge in [-0.3, -0.25) is 4.79 Å². The number of ketones is 1. The van der Waals surface area contributed by atoms with Crippen molar-refractivity contribution in [3.8, 4) is 0 Å². The Hall–Kier alpha value is -1.13.